The summed E-state index contributed by atoms with van der Waals surface area (Å²) < 4.78 is 11.1. The third kappa shape index (κ3) is 3.84. The number of likely N-dealkylation sites (N-methyl/N-ethyl adjacent to an activating group) is 1. The first kappa shape index (κ1) is 19.1. The minimum absolute atomic E-state index is 0.0683. The van der Waals surface area contributed by atoms with Gasteiger partial charge in [-0.05, 0) is 29.6 Å². The Morgan fingerprint density at radius 2 is 1.83 bits per heavy atom. The number of hydrogen-bond donors (Lipinski definition) is 1. The molecule has 29 heavy (non-hydrogen) atoms. The number of thiophene rings is 1. The van der Waals surface area contributed by atoms with Crippen molar-refractivity contribution in [3.8, 4) is 11.5 Å². The van der Waals surface area contributed by atoms with E-state index in [-0.39, 0.29) is 18.6 Å². The van der Waals surface area contributed by atoms with Gasteiger partial charge in [-0.2, -0.15) is 0 Å². The van der Waals surface area contributed by atoms with E-state index in [2.05, 4.69) is 17.1 Å². The lowest BCUT2D eigenvalue weighted by Gasteiger charge is -2.27. The summed E-state index contributed by atoms with van der Waals surface area (Å²) in [5, 5.41) is 3.14. The number of methoxy groups -OCH3 is 1. The van der Waals surface area contributed by atoms with Gasteiger partial charge in [-0.3, -0.25) is 4.79 Å². The van der Waals surface area contributed by atoms with Crippen LogP contribution in [-0.2, 0) is 4.79 Å². The van der Waals surface area contributed by atoms with E-state index in [1.807, 2.05) is 61.1 Å². The Kier molecular flexibility index (Phi) is 5.53. The van der Waals surface area contributed by atoms with Crippen molar-refractivity contribution in [3.05, 3.63) is 82.7 Å². The summed E-state index contributed by atoms with van der Waals surface area (Å²) in [6.07, 6.45) is 1.99. The Bertz CT molecular complexity index is 1100. The Hall–Kier alpha value is -3.25. The van der Waals surface area contributed by atoms with Gasteiger partial charge in [-0.15, -0.1) is 11.3 Å². The molecule has 6 heteroatoms. The van der Waals surface area contributed by atoms with Gasteiger partial charge in [0, 0.05) is 34.6 Å². The van der Waals surface area contributed by atoms with Crippen molar-refractivity contribution >= 4 is 28.1 Å². The van der Waals surface area contributed by atoms with Crippen LogP contribution in [0, 0.1) is 0 Å². The fraction of sp³-hybridized carbons (Fsp3) is 0.174. The number of benzene rings is 2. The van der Waals surface area contributed by atoms with Crippen LogP contribution < -0.4 is 9.47 Å². The molecule has 0 fully saturated rings. The Morgan fingerprint density at radius 3 is 2.59 bits per heavy atom. The monoisotopic (exact) mass is 406 g/mol. The van der Waals surface area contributed by atoms with Gasteiger partial charge in [0.15, 0.2) is 18.1 Å². The first-order valence-electron chi connectivity index (χ1n) is 9.30. The maximum absolute atomic E-state index is 13.0. The summed E-state index contributed by atoms with van der Waals surface area (Å²) in [4.78, 5) is 19.2. The molecule has 2 aromatic carbocycles. The molecular weight excluding hydrogens is 384 g/mol. The highest BCUT2D eigenvalue weighted by molar-refractivity contribution is 7.10. The van der Waals surface area contributed by atoms with Gasteiger partial charge in [0.25, 0.3) is 5.91 Å². The first-order valence-corrected chi connectivity index (χ1v) is 10.2. The fourth-order valence-electron chi connectivity index (χ4n) is 3.44. The summed E-state index contributed by atoms with van der Waals surface area (Å²) in [7, 11) is 3.40. The van der Waals surface area contributed by atoms with E-state index in [0.29, 0.717) is 11.5 Å². The van der Waals surface area contributed by atoms with Gasteiger partial charge in [0.2, 0.25) is 0 Å². The lowest BCUT2D eigenvalue weighted by molar-refractivity contribution is -0.133. The van der Waals surface area contributed by atoms with Gasteiger partial charge in [0.1, 0.15) is 0 Å². The van der Waals surface area contributed by atoms with E-state index in [1.165, 1.54) is 0 Å². The number of carbonyl (C=O) groups excluding carboxylic acids is 1. The Morgan fingerprint density at radius 1 is 1.07 bits per heavy atom. The number of ether oxygens (including phenoxy) is 2. The quantitative estimate of drug-likeness (QED) is 0.477. The summed E-state index contributed by atoms with van der Waals surface area (Å²) in [5.41, 5.74) is 2.12. The highest BCUT2D eigenvalue weighted by atomic mass is 32.1. The Labute approximate surface area is 173 Å². The molecule has 2 aromatic heterocycles. The summed E-state index contributed by atoms with van der Waals surface area (Å²) in [6.45, 7) is -0.0683. The molecular formula is C23H22N2O3S. The average molecular weight is 407 g/mol. The second kappa shape index (κ2) is 8.41. The molecule has 1 amide bonds. The van der Waals surface area contributed by atoms with Crippen LogP contribution in [0.25, 0.3) is 10.9 Å². The molecule has 0 bridgehead atoms. The fourth-order valence-corrected chi connectivity index (χ4v) is 4.33. The molecule has 1 N–H and O–H groups in total. The van der Waals surface area contributed by atoms with Crippen LogP contribution >= 0.6 is 11.3 Å². The van der Waals surface area contributed by atoms with Crippen molar-refractivity contribution in [2.75, 3.05) is 20.8 Å². The number of para-hydroxylation sites is 3. The minimum Gasteiger partial charge on any atom is -0.493 e. The molecule has 5 nitrogen and oxygen atoms in total. The van der Waals surface area contributed by atoms with Gasteiger partial charge in [-0.1, -0.05) is 36.4 Å². The smallest absolute Gasteiger partial charge is 0.261 e. The van der Waals surface area contributed by atoms with Crippen molar-refractivity contribution in [2.24, 2.45) is 0 Å². The number of fused-ring (bicyclic) bond motifs is 1. The van der Waals surface area contributed by atoms with Crippen molar-refractivity contribution in [1.29, 1.82) is 0 Å². The highest BCUT2D eigenvalue weighted by Gasteiger charge is 2.27. The molecule has 148 valence electrons. The number of nitrogens with one attached hydrogen (secondary N) is 1. The van der Waals surface area contributed by atoms with Gasteiger partial charge < -0.3 is 19.4 Å². The second-order valence-electron chi connectivity index (χ2n) is 6.65. The van der Waals surface area contributed by atoms with Crippen LogP contribution in [0.15, 0.2) is 72.2 Å². The third-order valence-corrected chi connectivity index (χ3v) is 5.85. The SMILES string of the molecule is COc1ccccc1OCC(=O)N(C)[C@H](c1cccs1)c1c[nH]c2ccccc12. The molecule has 0 unspecified atom stereocenters. The normalized spacial score (nSPS) is 11.9. The summed E-state index contributed by atoms with van der Waals surface area (Å²) in [5.74, 6) is 1.05. The number of carbonyl (C=O) groups is 1. The number of amides is 1. The van der Waals surface area contributed by atoms with Crippen LogP contribution in [0.3, 0.4) is 0 Å². The number of hydrogen-bond acceptors (Lipinski definition) is 4. The molecule has 1 atom stereocenters. The average Bonchev–Trinajstić information content (AvgIpc) is 3.43. The molecule has 0 saturated heterocycles. The maximum Gasteiger partial charge on any atom is 0.261 e. The van der Waals surface area contributed by atoms with E-state index >= 15 is 0 Å². The van der Waals surface area contributed by atoms with Crippen molar-refractivity contribution in [1.82, 2.24) is 9.88 Å². The first-order chi connectivity index (χ1) is 14.2. The number of rotatable bonds is 7. The molecule has 4 aromatic rings. The highest BCUT2D eigenvalue weighted by Crippen LogP contribution is 2.35. The molecule has 0 aliphatic heterocycles. The second-order valence-corrected chi connectivity index (χ2v) is 7.63. The molecule has 0 aliphatic carbocycles. The van der Waals surface area contributed by atoms with E-state index < -0.39 is 0 Å². The zero-order chi connectivity index (χ0) is 20.2. The number of aromatic amines is 1. The Balaban J connectivity index is 1.60. The van der Waals surface area contributed by atoms with Crippen molar-refractivity contribution in [3.63, 3.8) is 0 Å². The molecule has 4 rings (SSSR count). The van der Waals surface area contributed by atoms with Crippen LogP contribution in [0.5, 0.6) is 11.5 Å². The van der Waals surface area contributed by atoms with E-state index in [1.54, 1.807) is 29.4 Å². The molecule has 0 saturated carbocycles. The van der Waals surface area contributed by atoms with Gasteiger partial charge in [0.05, 0.1) is 13.2 Å². The molecule has 0 spiro atoms. The molecule has 0 aliphatic rings. The van der Waals surface area contributed by atoms with Crippen LogP contribution in [0.2, 0.25) is 0 Å². The topological polar surface area (TPSA) is 54.6 Å². The predicted molar refractivity (Wildman–Crippen MR) is 116 cm³/mol. The maximum atomic E-state index is 13.0. The van der Waals surface area contributed by atoms with Crippen molar-refractivity contribution in [2.45, 2.75) is 6.04 Å². The van der Waals surface area contributed by atoms with Gasteiger partial charge >= 0.3 is 0 Å². The van der Waals surface area contributed by atoms with E-state index in [0.717, 1.165) is 21.3 Å². The third-order valence-electron chi connectivity index (χ3n) is 4.93. The van der Waals surface area contributed by atoms with Gasteiger partial charge in [-0.25, -0.2) is 0 Å². The standard InChI is InChI=1S/C23H22N2O3S/c1-25(22(26)15-28-20-11-6-5-10-19(20)27-2)23(21-12-7-13-29-21)17-14-24-18-9-4-3-8-16(17)18/h3-14,23-24H,15H2,1-2H3/t23-/m0/s1. The number of H-pyrrole nitrogens is 1. The predicted octanol–water partition coefficient (Wildman–Crippen LogP) is 4.86. The van der Waals surface area contributed by atoms with E-state index in [4.69, 9.17) is 9.47 Å². The zero-order valence-corrected chi connectivity index (χ0v) is 17.1. The molecule has 2 heterocycles. The number of nitrogens with zero attached hydrogens (tertiary/aromatic N) is 1. The lowest BCUT2D eigenvalue weighted by atomic mass is 10.0. The summed E-state index contributed by atoms with van der Waals surface area (Å²) in [6, 6.07) is 19.3. The number of aromatic nitrogens is 1. The zero-order valence-electron chi connectivity index (χ0n) is 16.3. The minimum atomic E-state index is -0.195. The largest absolute Gasteiger partial charge is 0.493 e. The van der Waals surface area contributed by atoms with E-state index in [9.17, 15) is 4.79 Å². The summed E-state index contributed by atoms with van der Waals surface area (Å²) >= 11 is 1.64. The van der Waals surface area contributed by atoms with Crippen LogP contribution in [-0.4, -0.2) is 36.6 Å². The lowest BCUT2D eigenvalue weighted by Crippen LogP contribution is -2.35. The molecule has 0 radical (unpaired) electrons. The van der Waals surface area contributed by atoms with Crippen LogP contribution in [0.1, 0.15) is 16.5 Å². The van der Waals surface area contributed by atoms with Crippen molar-refractivity contribution < 1.29 is 14.3 Å². The van der Waals surface area contributed by atoms with Crippen LogP contribution in [0.4, 0.5) is 0 Å².